The van der Waals surface area contributed by atoms with Gasteiger partial charge in [0.25, 0.3) is 5.91 Å². The molecule has 1 saturated heterocycles. The van der Waals surface area contributed by atoms with Crippen LogP contribution < -0.4 is 10.1 Å². The van der Waals surface area contributed by atoms with E-state index in [1.165, 1.54) is 0 Å². The van der Waals surface area contributed by atoms with Gasteiger partial charge in [0, 0.05) is 12.1 Å². The zero-order valence-corrected chi connectivity index (χ0v) is 18.3. The van der Waals surface area contributed by atoms with E-state index < -0.39 is 5.60 Å². The molecule has 0 aromatic heterocycles. The predicted molar refractivity (Wildman–Crippen MR) is 118 cm³/mol. The minimum absolute atomic E-state index is 0.0791. The molecule has 2 fully saturated rings. The fourth-order valence-corrected chi connectivity index (χ4v) is 4.92. The molecule has 1 heterocycles. The Morgan fingerprint density at radius 1 is 1.03 bits per heavy atom. The van der Waals surface area contributed by atoms with E-state index in [0.717, 1.165) is 31.2 Å². The predicted octanol–water partition coefficient (Wildman–Crippen LogP) is 4.71. The molecular weight excluding hydrogens is 392 g/mol. The lowest BCUT2D eigenvalue weighted by Crippen LogP contribution is -2.46. The van der Waals surface area contributed by atoms with E-state index in [-0.39, 0.29) is 30.1 Å². The van der Waals surface area contributed by atoms with E-state index >= 15 is 0 Å². The number of hydrogen-bond acceptors (Lipinski definition) is 4. The van der Waals surface area contributed by atoms with Crippen molar-refractivity contribution in [2.24, 2.45) is 0 Å². The fourth-order valence-electron chi connectivity index (χ4n) is 4.92. The lowest BCUT2D eigenvalue weighted by atomic mass is 9.86. The fraction of sp³-hybridized carbons (Fsp3) is 0.440. The maximum absolute atomic E-state index is 12.8. The van der Waals surface area contributed by atoms with Crippen molar-refractivity contribution in [3.8, 4) is 5.75 Å². The van der Waals surface area contributed by atoms with E-state index in [0.29, 0.717) is 11.3 Å². The van der Waals surface area contributed by atoms with Crippen LogP contribution in [0.2, 0.25) is 0 Å². The minimum Gasteiger partial charge on any atom is -0.496 e. The van der Waals surface area contributed by atoms with Crippen LogP contribution in [0.15, 0.2) is 54.6 Å². The summed E-state index contributed by atoms with van der Waals surface area (Å²) in [7, 11) is 1.57. The number of ether oxygens (including phenoxy) is 2. The lowest BCUT2D eigenvalue weighted by Gasteiger charge is -2.38. The Labute approximate surface area is 183 Å². The van der Waals surface area contributed by atoms with E-state index in [9.17, 15) is 9.59 Å². The molecule has 2 aliphatic rings. The number of nitrogens with zero attached hydrogens (tertiary/aromatic N) is 1. The molecule has 0 radical (unpaired) electrons. The van der Waals surface area contributed by atoms with E-state index in [1.54, 1.807) is 19.2 Å². The van der Waals surface area contributed by atoms with Gasteiger partial charge in [0.15, 0.2) is 0 Å². The molecule has 0 unspecified atom stereocenters. The first-order chi connectivity index (χ1) is 14.9. The van der Waals surface area contributed by atoms with Crippen molar-refractivity contribution in [1.82, 2.24) is 10.2 Å². The van der Waals surface area contributed by atoms with E-state index in [1.807, 2.05) is 49.1 Å². The first kappa shape index (κ1) is 21.2. The number of para-hydroxylation sites is 1. The quantitative estimate of drug-likeness (QED) is 0.758. The molecule has 1 atom stereocenters. The van der Waals surface area contributed by atoms with Gasteiger partial charge >= 0.3 is 6.09 Å². The number of benzene rings is 2. The number of carbonyl (C=O) groups excluding carboxylic acids is 2. The summed E-state index contributed by atoms with van der Waals surface area (Å²) < 4.78 is 11.1. The van der Waals surface area contributed by atoms with Crippen molar-refractivity contribution >= 4 is 12.0 Å². The van der Waals surface area contributed by atoms with Crippen molar-refractivity contribution in [1.29, 1.82) is 0 Å². The van der Waals surface area contributed by atoms with Gasteiger partial charge in [-0.25, -0.2) is 4.79 Å². The normalized spacial score (nSPS) is 25.1. The molecule has 31 heavy (non-hydrogen) atoms. The number of methoxy groups -OCH3 is 1. The van der Waals surface area contributed by atoms with Crippen LogP contribution in [0.25, 0.3) is 0 Å². The average molecular weight is 423 g/mol. The van der Waals surface area contributed by atoms with Gasteiger partial charge in [-0.15, -0.1) is 0 Å². The van der Waals surface area contributed by atoms with Crippen LogP contribution in [0.1, 0.15) is 61.5 Å². The molecule has 1 saturated carbocycles. The van der Waals surface area contributed by atoms with Crippen molar-refractivity contribution in [3.05, 3.63) is 65.7 Å². The first-order valence-corrected chi connectivity index (χ1v) is 10.9. The molecule has 6 heteroatoms. The molecule has 0 bridgehead atoms. The molecule has 2 aromatic carbocycles. The van der Waals surface area contributed by atoms with Gasteiger partial charge in [0.1, 0.15) is 11.4 Å². The van der Waals surface area contributed by atoms with Gasteiger partial charge in [-0.3, -0.25) is 9.69 Å². The van der Waals surface area contributed by atoms with Crippen molar-refractivity contribution < 1.29 is 19.1 Å². The highest BCUT2D eigenvalue weighted by atomic mass is 16.6. The maximum Gasteiger partial charge on any atom is 0.411 e. The van der Waals surface area contributed by atoms with E-state index in [4.69, 9.17) is 9.47 Å². The van der Waals surface area contributed by atoms with Gasteiger partial charge in [-0.2, -0.15) is 0 Å². The number of hydrogen-bond donors (Lipinski definition) is 1. The Kier molecular flexibility index (Phi) is 5.90. The molecule has 2 aromatic rings. The monoisotopic (exact) mass is 422 g/mol. The maximum atomic E-state index is 12.8. The summed E-state index contributed by atoms with van der Waals surface area (Å²) in [5, 5.41) is 3.14. The topological polar surface area (TPSA) is 67.9 Å². The van der Waals surface area contributed by atoms with Crippen LogP contribution in [-0.2, 0) is 4.74 Å². The second-order valence-electron chi connectivity index (χ2n) is 8.87. The highest BCUT2D eigenvalue weighted by Gasteiger charge is 2.51. The Hall–Kier alpha value is -3.02. The lowest BCUT2D eigenvalue weighted by molar-refractivity contribution is 0.0663. The molecule has 1 aliphatic heterocycles. The van der Waals surface area contributed by atoms with Gasteiger partial charge in [0.2, 0.25) is 0 Å². The van der Waals surface area contributed by atoms with Crippen molar-refractivity contribution in [2.75, 3.05) is 7.11 Å². The Morgan fingerprint density at radius 3 is 2.35 bits per heavy atom. The summed E-state index contributed by atoms with van der Waals surface area (Å²) in [6, 6.07) is 17.4. The molecule has 0 spiro atoms. The van der Waals surface area contributed by atoms with Crippen LogP contribution in [0, 0.1) is 0 Å². The van der Waals surface area contributed by atoms with Crippen LogP contribution in [0.5, 0.6) is 5.75 Å². The van der Waals surface area contributed by atoms with Crippen LogP contribution >= 0.6 is 0 Å². The van der Waals surface area contributed by atoms with Gasteiger partial charge < -0.3 is 14.8 Å². The number of amides is 2. The van der Waals surface area contributed by atoms with Crippen molar-refractivity contribution in [2.45, 2.75) is 63.3 Å². The van der Waals surface area contributed by atoms with Crippen LogP contribution in [-0.4, -0.2) is 41.7 Å². The molecule has 4 rings (SSSR count). The average Bonchev–Trinajstić information content (AvgIpc) is 3.02. The minimum atomic E-state index is -0.590. The second kappa shape index (κ2) is 8.61. The Morgan fingerprint density at radius 2 is 1.68 bits per heavy atom. The van der Waals surface area contributed by atoms with Gasteiger partial charge in [-0.05, 0) is 57.2 Å². The highest BCUT2D eigenvalue weighted by molar-refractivity contribution is 5.97. The second-order valence-corrected chi connectivity index (χ2v) is 8.87. The highest BCUT2D eigenvalue weighted by Crippen LogP contribution is 2.44. The molecular formula is C25H30N2O4. The summed E-state index contributed by atoms with van der Waals surface area (Å²) in [5.41, 5.74) is 1.04. The largest absolute Gasteiger partial charge is 0.496 e. The Balaban J connectivity index is 1.43. The zero-order chi connectivity index (χ0) is 22.0. The molecule has 164 valence electrons. The van der Waals surface area contributed by atoms with E-state index in [2.05, 4.69) is 17.4 Å². The third-order valence-corrected chi connectivity index (χ3v) is 6.39. The third-order valence-electron chi connectivity index (χ3n) is 6.39. The summed E-state index contributed by atoms with van der Waals surface area (Å²) in [6.07, 6.45) is 3.03. The van der Waals surface area contributed by atoms with Crippen LogP contribution in [0.4, 0.5) is 4.79 Å². The SMILES string of the molecule is COc1ccccc1C(=O)N[C@H]1CC[C@H](N2C(=O)OC(C)(C)[C@@H]2c2ccccc2)CC1. The first-order valence-electron chi connectivity index (χ1n) is 10.9. The number of rotatable bonds is 5. The smallest absolute Gasteiger partial charge is 0.411 e. The van der Waals surface area contributed by atoms with Crippen LogP contribution in [0.3, 0.4) is 0 Å². The Bertz CT molecular complexity index is 936. The summed E-state index contributed by atoms with van der Waals surface area (Å²) >= 11 is 0. The van der Waals surface area contributed by atoms with Gasteiger partial charge in [-0.1, -0.05) is 42.5 Å². The molecule has 1 N–H and O–H groups in total. The summed E-state index contributed by atoms with van der Waals surface area (Å²) in [4.78, 5) is 27.5. The van der Waals surface area contributed by atoms with Crippen molar-refractivity contribution in [3.63, 3.8) is 0 Å². The molecule has 6 nitrogen and oxygen atoms in total. The standard InChI is InChI=1S/C25H30N2O4/c1-25(2)22(17-9-5-4-6-10-17)27(24(29)31-25)19-15-13-18(14-16-19)26-23(28)20-11-7-8-12-21(20)30-3/h4-12,18-19,22H,13-16H2,1-3H3,(H,26,28)/t18-,19-,22-/m0/s1. The third kappa shape index (κ3) is 4.24. The summed E-state index contributed by atoms with van der Waals surface area (Å²) in [5.74, 6) is 0.450. The number of nitrogens with one attached hydrogen (secondary N) is 1. The summed E-state index contributed by atoms with van der Waals surface area (Å²) in [6.45, 7) is 3.95. The zero-order valence-electron chi connectivity index (χ0n) is 18.3. The number of cyclic esters (lactones) is 1. The molecule has 2 amide bonds. The number of carbonyl (C=O) groups is 2. The molecule has 1 aliphatic carbocycles. The van der Waals surface area contributed by atoms with Gasteiger partial charge in [0.05, 0.1) is 18.7 Å².